The van der Waals surface area contributed by atoms with Crippen molar-refractivity contribution in [2.45, 2.75) is 50.5 Å². The maximum absolute atomic E-state index is 13.2. The monoisotopic (exact) mass is 430 g/mol. The molecule has 1 saturated heterocycles. The van der Waals surface area contributed by atoms with Crippen molar-refractivity contribution >= 4 is 15.9 Å². The summed E-state index contributed by atoms with van der Waals surface area (Å²) in [7, 11) is -2.04. The molecule has 1 amide bonds. The highest BCUT2D eigenvalue weighted by molar-refractivity contribution is 7.89. The zero-order valence-electron chi connectivity index (χ0n) is 17.8. The van der Waals surface area contributed by atoms with Gasteiger partial charge >= 0.3 is 0 Å². The van der Waals surface area contributed by atoms with Crippen molar-refractivity contribution < 1.29 is 17.9 Å². The third kappa shape index (κ3) is 4.84. The Morgan fingerprint density at radius 2 is 1.73 bits per heavy atom. The van der Waals surface area contributed by atoms with Crippen LogP contribution in [-0.2, 0) is 10.0 Å². The van der Waals surface area contributed by atoms with Crippen LogP contribution >= 0.6 is 0 Å². The van der Waals surface area contributed by atoms with Crippen molar-refractivity contribution in [1.29, 1.82) is 0 Å². The van der Waals surface area contributed by atoms with Crippen LogP contribution in [0, 0.1) is 6.92 Å². The Morgan fingerprint density at radius 3 is 2.40 bits per heavy atom. The van der Waals surface area contributed by atoms with Crippen molar-refractivity contribution in [3.63, 3.8) is 0 Å². The number of hydrogen-bond acceptors (Lipinski definition) is 4. The summed E-state index contributed by atoms with van der Waals surface area (Å²) in [6.45, 7) is 4.70. The molecule has 0 aliphatic carbocycles. The van der Waals surface area contributed by atoms with Gasteiger partial charge in [-0.1, -0.05) is 37.1 Å². The second-order valence-corrected chi connectivity index (χ2v) is 9.64. The van der Waals surface area contributed by atoms with E-state index >= 15 is 0 Å². The van der Waals surface area contributed by atoms with Crippen LogP contribution in [-0.4, -0.2) is 38.8 Å². The van der Waals surface area contributed by atoms with E-state index in [-0.39, 0.29) is 16.8 Å². The van der Waals surface area contributed by atoms with E-state index in [4.69, 9.17) is 4.74 Å². The molecule has 6 nitrogen and oxygen atoms in total. The highest BCUT2D eigenvalue weighted by Gasteiger charge is 2.27. The zero-order valence-corrected chi connectivity index (χ0v) is 18.7. The first-order valence-electron chi connectivity index (χ1n) is 10.4. The molecule has 1 unspecified atom stereocenters. The molecular formula is C23H30N2O4S. The first-order chi connectivity index (χ1) is 14.3. The maximum Gasteiger partial charge on any atom is 0.251 e. The summed E-state index contributed by atoms with van der Waals surface area (Å²) in [5, 5.41) is 2.95. The van der Waals surface area contributed by atoms with Crippen LogP contribution in [0.5, 0.6) is 5.75 Å². The summed E-state index contributed by atoms with van der Waals surface area (Å²) in [5.74, 6) is 0.374. The molecule has 1 fully saturated rings. The van der Waals surface area contributed by atoms with Crippen LogP contribution in [0.3, 0.4) is 0 Å². The summed E-state index contributed by atoms with van der Waals surface area (Å²) >= 11 is 0. The van der Waals surface area contributed by atoms with Gasteiger partial charge in [0.05, 0.1) is 18.0 Å². The number of methoxy groups -OCH3 is 1. The zero-order chi connectivity index (χ0) is 21.7. The first-order valence-corrected chi connectivity index (χ1v) is 11.8. The van der Waals surface area contributed by atoms with Gasteiger partial charge in [-0.15, -0.1) is 0 Å². The number of carbonyl (C=O) groups is 1. The number of hydrogen-bond donors (Lipinski definition) is 1. The van der Waals surface area contributed by atoms with Gasteiger partial charge in [-0.05, 0) is 50.5 Å². The van der Waals surface area contributed by atoms with Crippen molar-refractivity contribution in [2.24, 2.45) is 0 Å². The molecule has 0 saturated carbocycles. The second kappa shape index (κ2) is 9.62. The van der Waals surface area contributed by atoms with Crippen LogP contribution in [0.4, 0.5) is 0 Å². The van der Waals surface area contributed by atoms with E-state index in [0.29, 0.717) is 30.0 Å². The van der Waals surface area contributed by atoms with Crippen LogP contribution < -0.4 is 10.1 Å². The molecule has 0 bridgehead atoms. The molecule has 3 rings (SSSR count). The molecule has 0 radical (unpaired) electrons. The van der Waals surface area contributed by atoms with Gasteiger partial charge in [-0.2, -0.15) is 4.31 Å². The Morgan fingerprint density at radius 1 is 1.07 bits per heavy atom. The van der Waals surface area contributed by atoms with Crippen molar-refractivity contribution in [1.82, 2.24) is 9.62 Å². The number of benzene rings is 2. The Bertz CT molecular complexity index is 996. The van der Waals surface area contributed by atoms with Crippen molar-refractivity contribution in [3.8, 4) is 5.75 Å². The summed E-state index contributed by atoms with van der Waals surface area (Å²) in [5.41, 5.74) is 1.84. The van der Waals surface area contributed by atoms with Crippen LogP contribution in [0.25, 0.3) is 0 Å². The summed E-state index contributed by atoms with van der Waals surface area (Å²) < 4.78 is 33.4. The Hall–Kier alpha value is -2.38. The molecule has 1 atom stereocenters. The lowest BCUT2D eigenvalue weighted by Gasteiger charge is -2.22. The van der Waals surface area contributed by atoms with E-state index in [1.807, 2.05) is 31.2 Å². The maximum atomic E-state index is 13.2. The number of nitrogens with zero attached hydrogens (tertiary/aromatic N) is 1. The third-order valence-electron chi connectivity index (χ3n) is 5.59. The number of nitrogens with one attached hydrogen (secondary N) is 1. The SMILES string of the molecule is COc1ccccc1C(C)NC(=O)c1ccc(C)c(S(=O)(=O)N2CCCCCC2)c1. The Kier molecular flexibility index (Phi) is 7.15. The van der Waals surface area contributed by atoms with Gasteiger partial charge in [0.25, 0.3) is 5.91 Å². The van der Waals surface area contributed by atoms with E-state index in [1.165, 1.54) is 6.07 Å². The lowest BCUT2D eigenvalue weighted by atomic mass is 10.1. The minimum atomic E-state index is -3.63. The number of carbonyl (C=O) groups excluding carboxylic acids is 1. The number of ether oxygens (including phenoxy) is 1. The summed E-state index contributed by atoms with van der Waals surface area (Å²) in [6, 6.07) is 12.1. The molecule has 0 aromatic heterocycles. The van der Waals surface area contributed by atoms with E-state index in [1.54, 1.807) is 30.5 Å². The lowest BCUT2D eigenvalue weighted by Crippen LogP contribution is -2.33. The quantitative estimate of drug-likeness (QED) is 0.750. The average Bonchev–Trinajstić information content (AvgIpc) is 3.04. The summed E-state index contributed by atoms with van der Waals surface area (Å²) in [6.07, 6.45) is 3.84. The fourth-order valence-corrected chi connectivity index (χ4v) is 5.59. The van der Waals surface area contributed by atoms with Gasteiger partial charge in [-0.3, -0.25) is 4.79 Å². The number of aryl methyl sites for hydroxylation is 1. The Balaban J connectivity index is 1.84. The van der Waals surface area contributed by atoms with E-state index in [2.05, 4.69) is 5.32 Å². The number of para-hydroxylation sites is 1. The molecule has 1 N–H and O–H groups in total. The largest absolute Gasteiger partial charge is 0.496 e. The fraction of sp³-hybridized carbons (Fsp3) is 0.435. The van der Waals surface area contributed by atoms with E-state index in [9.17, 15) is 13.2 Å². The highest BCUT2D eigenvalue weighted by Crippen LogP contribution is 2.26. The molecule has 162 valence electrons. The molecule has 0 spiro atoms. The molecular weight excluding hydrogens is 400 g/mol. The van der Waals surface area contributed by atoms with Crippen molar-refractivity contribution in [2.75, 3.05) is 20.2 Å². The topological polar surface area (TPSA) is 75.7 Å². The molecule has 2 aromatic rings. The molecule has 1 heterocycles. The van der Waals surface area contributed by atoms with Crippen molar-refractivity contribution in [3.05, 3.63) is 59.2 Å². The van der Waals surface area contributed by atoms with Gasteiger partial charge in [-0.25, -0.2) is 8.42 Å². The second-order valence-electron chi connectivity index (χ2n) is 7.74. The normalized spacial score (nSPS) is 16.5. The highest BCUT2D eigenvalue weighted by atomic mass is 32.2. The van der Waals surface area contributed by atoms with Crippen LogP contribution in [0.15, 0.2) is 47.4 Å². The predicted molar refractivity (Wildman–Crippen MR) is 117 cm³/mol. The average molecular weight is 431 g/mol. The lowest BCUT2D eigenvalue weighted by molar-refractivity contribution is 0.0939. The van der Waals surface area contributed by atoms with E-state index in [0.717, 1.165) is 31.2 Å². The van der Waals surface area contributed by atoms with Gasteiger partial charge in [0.2, 0.25) is 10.0 Å². The Labute approximate surface area is 179 Å². The molecule has 7 heteroatoms. The van der Waals surface area contributed by atoms with Gasteiger partial charge in [0, 0.05) is 24.2 Å². The standard InChI is InChI=1S/C23H30N2O4S/c1-17-12-13-19(16-22(17)30(27,28)25-14-8-4-5-9-15-25)23(26)24-18(2)20-10-6-7-11-21(20)29-3/h6-7,10-13,16,18H,4-5,8-9,14-15H2,1-3H3,(H,24,26). The number of sulfonamides is 1. The van der Waals surface area contributed by atoms with Crippen LogP contribution in [0.1, 0.15) is 60.1 Å². The summed E-state index contributed by atoms with van der Waals surface area (Å²) in [4.78, 5) is 13.1. The molecule has 2 aromatic carbocycles. The minimum Gasteiger partial charge on any atom is -0.496 e. The first kappa shape index (κ1) is 22.3. The third-order valence-corrected chi connectivity index (χ3v) is 7.63. The molecule has 1 aliphatic heterocycles. The molecule has 1 aliphatic rings. The van der Waals surface area contributed by atoms with Crippen LogP contribution in [0.2, 0.25) is 0 Å². The minimum absolute atomic E-state index is 0.210. The van der Waals surface area contributed by atoms with E-state index < -0.39 is 10.0 Å². The molecule has 30 heavy (non-hydrogen) atoms. The smallest absolute Gasteiger partial charge is 0.251 e. The van der Waals surface area contributed by atoms with Gasteiger partial charge in [0.1, 0.15) is 5.75 Å². The van der Waals surface area contributed by atoms with Gasteiger partial charge in [0.15, 0.2) is 0 Å². The number of amides is 1. The van der Waals surface area contributed by atoms with Gasteiger partial charge < -0.3 is 10.1 Å². The predicted octanol–water partition coefficient (Wildman–Crippen LogP) is 4.06. The number of rotatable bonds is 6. The fourth-order valence-electron chi connectivity index (χ4n) is 3.82.